The molecule has 0 aliphatic rings. The van der Waals surface area contributed by atoms with Crippen LogP contribution in [0.4, 0.5) is 4.79 Å². The molecule has 0 saturated heterocycles. The van der Waals surface area contributed by atoms with Crippen molar-refractivity contribution >= 4 is 34.8 Å². The first-order valence-electron chi connectivity index (χ1n) is 6.90. The number of halogens is 1. The van der Waals surface area contributed by atoms with E-state index >= 15 is 0 Å². The lowest BCUT2D eigenvalue weighted by Crippen LogP contribution is -2.36. The summed E-state index contributed by atoms with van der Waals surface area (Å²) in [6.45, 7) is 2.54. The standard InChI is InChI=1S/C16H17ClN2O2S/c1-11(20)15-7-6-14(22-15)8-9-18-16(21)19-10-12-2-4-13(17)5-3-12/h2-7H,8-10H2,1H3,(H2,18,19,21). The number of carbonyl (C=O) groups excluding carboxylic acids is 2. The van der Waals surface area contributed by atoms with Crippen LogP contribution in [0.15, 0.2) is 36.4 Å². The van der Waals surface area contributed by atoms with Crippen LogP contribution in [0, 0.1) is 0 Å². The van der Waals surface area contributed by atoms with Crippen LogP contribution < -0.4 is 10.6 Å². The summed E-state index contributed by atoms with van der Waals surface area (Å²) in [4.78, 5) is 24.7. The van der Waals surface area contributed by atoms with Gasteiger partial charge < -0.3 is 10.6 Å². The maximum absolute atomic E-state index is 11.7. The highest BCUT2D eigenvalue weighted by Crippen LogP contribution is 2.17. The van der Waals surface area contributed by atoms with Gasteiger partial charge in [0.25, 0.3) is 0 Å². The summed E-state index contributed by atoms with van der Waals surface area (Å²) < 4.78 is 0. The van der Waals surface area contributed by atoms with Crippen LogP contribution >= 0.6 is 22.9 Å². The number of hydrogen-bond acceptors (Lipinski definition) is 3. The number of urea groups is 1. The maximum Gasteiger partial charge on any atom is 0.315 e. The van der Waals surface area contributed by atoms with Crippen LogP contribution in [0.25, 0.3) is 0 Å². The summed E-state index contributed by atoms with van der Waals surface area (Å²) in [6.07, 6.45) is 0.715. The lowest BCUT2D eigenvalue weighted by atomic mass is 10.2. The van der Waals surface area contributed by atoms with E-state index in [-0.39, 0.29) is 11.8 Å². The average molecular weight is 337 g/mol. The highest BCUT2D eigenvalue weighted by Gasteiger charge is 2.05. The van der Waals surface area contributed by atoms with Gasteiger partial charge in [-0.3, -0.25) is 4.79 Å². The first-order valence-corrected chi connectivity index (χ1v) is 8.10. The molecule has 2 rings (SSSR count). The second-order valence-corrected chi connectivity index (χ2v) is 6.41. The molecule has 0 aliphatic heterocycles. The Bertz CT molecular complexity index is 652. The molecule has 22 heavy (non-hydrogen) atoms. The number of ketones is 1. The molecule has 1 heterocycles. The van der Waals surface area contributed by atoms with Crippen molar-refractivity contribution in [2.24, 2.45) is 0 Å². The monoisotopic (exact) mass is 336 g/mol. The van der Waals surface area contributed by atoms with Crippen LogP contribution in [0.5, 0.6) is 0 Å². The Morgan fingerprint density at radius 1 is 1.09 bits per heavy atom. The average Bonchev–Trinajstić information content (AvgIpc) is 2.96. The van der Waals surface area contributed by atoms with Crippen LogP contribution in [0.3, 0.4) is 0 Å². The summed E-state index contributed by atoms with van der Waals surface area (Å²) in [5, 5.41) is 6.26. The van der Waals surface area contributed by atoms with Gasteiger partial charge >= 0.3 is 6.03 Å². The number of thiophene rings is 1. The van der Waals surface area contributed by atoms with Crippen LogP contribution in [0.2, 0.25) is 5.02 Å². The molecule has 1 aromatic carbocycles. The third-order valence-electron chi connectivity index (χ3n) is 3.03. The van der Waals surface area contributed by atoms with Gasteiger partial charge in [-0.1, -0.05) is 23.7 Å². The maximum atomic E-state index is 11.7. The fraction of sp³-hybridized carbons (Fsp3) is 0.250. The molecule has 0 saturated carbocycles. The SMILES string of the molecule is CC(=O)c1ccc(CCNC(=O)NCc2ccc(Cl)cc2)s1. The minimum Gasteiger partial charge on any atom is -0.338 e. The molecule has 0 aliphatic carbocycles. The Morgan fingerprint density at radius 2 is 1.82 bits per heavy atom. The van der Waals surface area contributed by atoms with Crippen molar-refractivity contribution < 1.29 is 9.59 Å². The van der Waals surface area contributed by atoms with Crippen molar-refractivity contribution in [2.45, 2.75) is 19.9 Å². The largest absolute Gasteiger partial charge is 0.338 e. The van der Waals surface area contributed by atoms with Gasteiger partial charge in [0, 0.05) is 23.0 Å². The summed E-state index contributed by atoms with van der Waals surface area (Å²) in [5.41, 5.74) is 0.990. The molecule has 2 N–H and O–H groups in total. The Labute approximate surface area is 138 Å². The highest BCUT2D eigenvalue weighted by molar-refractivity contribution is 7.14. The van der Waals surface area contributed by atoms with Gasteiger partial charge in [-0.05, 0) is 43.2 Å². The van der Waals surface area contributed by atoms with Crippen LogP contribution in [-0.2, 0) is 13.0 Å². The van der Waals surface area contributed by atoms with Crippen LogP contribution in [-0.4, -0.2) is 18.4 Å². The summed E-state index contributed by atoms with van der Waals surface area (Å²) in [6, 6.07) is 10.9. The summed E-state index contributed by atoms with van der Waals surface area (Å²) in [5.74, 6) is 0.0740. The van der Waals surface area contributed by atoms with Gasteiger partial charge in [0.05, 0.1) is 4.88 Å². The third-order valence-corrected chi connectivity index (χ3v) is 4.53. The molecule has 0 bridgehead atoms. The van der Waals surface area contributed by atoms with E-state index in [0.29, 0.717) is 24.5 Å². The van der Waals surface area contributed by atoms with Crippen molar-refractivity contribution in [3.8, 4) is 0 Å². The number of benzene rings is 1. The third kappa shape index (κ3) is 5.16. The first-order chi connectivity index (χ1) is 10.5. The van der Waals surface area contributed by atoms with Gasteiger partial charge in [-0.15, -0.1) is 11.3 Å². The van der Waals surface area contributed by atoms with E-state index in [1.165, 1.54) is 11.3 Å². The van der Waals surface area contributed by atoms with Crippen molar-refractivity contribution in [3.05, 3.63) is 56.7 Å². The number of hydrogen-bond donors (Lipinski definition) is 2. The van der Waals surface area contributed by atoms with Gasteiger partial charge in [0.15, 0.2) is 5.78 Å². The lowest BCUT2D eigenvalue weighted by molar-refractivity contribution is 0.102. The van der Waals surface area contributed by atoms with E-state index in [1.807, 2.05) is 24.3 Å². The molecular formula is C16H17ClN2O2S. The molecule has 116 valence electrons. The lowest BCUT2D eigenvalue weighted by Gasteiger charge is -2.07. The molecule has 2 amide bonds. The Balaban J connectivity index is 1.69. The number of Topliss-reactive ketones (excluding diaryl/α,β-unsaturated/α-hetero) is 1. The molecule has 0 radical (unpaired) electrons. The van der Waals surface area contributed by atoms with E-state index in [1.54, 1.807) is 19.1 Å². The Morgan fingerprint density at radius 3 is 2.45 bits per heavy atom. The molecule has 1 aromatic heterocycles. The topological polar surface area (TPSA) is 58.2 Å². The molecule has 4 nitrogen and oxygen atoms in total. The summed E-state index contributed by atoms with van der Waals surface area (Å²) in [7, 11) is 0. The van der Waals surface area contributed by atoms with Gasteiger partial charge in [0.2, 0.25) is 0 Å². The predicted molar refractivity (Wildman–Crippen MR) is 89.7 cm³/mol. The fourth-order valence-corrected chi connectivity index (χ4v) is 2.88. The fourth-order valence-electron chi connectivity index (χ4n) is 1.85. The number of amides is 2. The van der Waals surface area contributed by atoms with E-state index in [9.17, 15) is 9.59 Å². The van der Waals surface area contributed by atoms with Crippen molar-refractivity contribution in [1.29, 1.82) is 0 Å². The number of rotatable bonds is 6. The molecule has 0 spiro atoms. The number of carbonyl (C=O) groups is 2. The van der Waals surface area contributed by atoms with Crippen molar-refractivity contribution in [2.75, 3.05) is 6.54 Å². The number of nitrogens with one attached hydrogen (secondary N) is 2. The zero-order valence-corrected chi connectivity index (χ0v) is 13.8. The molecule has 0 unspecified atom stereocenters. The second kappa shape index (κ2) is 7.96. The van der Waals surface area contributed by atoms with Crippen molar-refractivity contribution in [3.63, 3.8) is 0 Å². The van der Waals surface area contributed by atoms with Gasteiger partial charge in [-0.25, -0.2) is 4.79 Å². The van der Waals surface area contributed by atoms with Crippen molar-refractivity contribution in [1.82, 2.24) is 10.6 Å². The van der Waals surface area contributed by atoms with Gasteiger partial charge in [0.1, 0.15) is 0 Å². The van der Waals surface area contributed by atoms with Crippen LogP contribution in [0.1, 0.15) is 27.0 Å². The van der Waals surface area contributed by atoms with E-state index in [2.05, 4.69) is 10.6 Å². The second-order valence-electron chi connectivity index (χ2n) is 4.81. The van der Waals surface area contributed by atoms with Gasteiger partial charge in [-0.2, -0.15) is 0 Å². The normalized spacial score (nSPS) is 10.3. The van der Waals surface area contributed by atoms with E-state index < -0.39 is 0 Å². The first kappa shape index (κ1) is 16.5. The quantitative estimate of drug-likeness (QED) is 0.791. The highest BCUT2D eigenvalue weighted by atomic mass is 35.5. The molecular weight excluding hydrogens is 320 g/mol. The predicted octanol–water partition coefficient (Wildman–Crippen LogP) is 3.65. The zero-order valence-electron chi connectivity index (χ0n) is 12.2. The van der Waals surface area contributed by atoms with E-state index in [4.69, 9.17) is 11.6 Å². The molecule has 0 atom stereocenters. The van der Waals surface area contributed by atoms with E-state index in [0.717, 1.165) is 15.3 Å². The Hall–Kier alpha value is -1.85. The Kier molecular flexibility index (Phi) is 5.98. The summed E-state index contributed by atoms with van der Waals surface area (Å²) >= 11 is 7.27. The zero-order chi connectivity index (χ0) is 15.9. The smallest absolute Gasteiger partial charge is 0.315 e. The molecule has 0 fully saturated rings. The minimum atomic E-state index is -0.210. The minimum absolute atomic E-state index is 0.0740. The molecule has 6 heteroatoms. The molecule has 2 aromatic rings.